The second kappa shape index (κ2) is 6.04. The van der Waals surface area contributed by atoms with Crippen molar-refractivity contribution in [1.82, 2.24) is 10.5 Å². The molecule has 23 heavy (non-hydrogen) atoms. The molecule has 0 saturated heterocycles. The number of nitrogens with zero attached hydrogens (tertiary/aromatic N) is 1. The Morgan fingerprint density at radius 2 is 2.04 bits per heavy atom. The molecule has 0 spiro atoms. The van der Waals surface area contributed by atoms with E-state index >= 15 is 0 Å². The average molecular weight is 318 g/mol. The molecular formula is C16H12F2N2O3. The maximum atomic E-state index is 13.7. The van der Waals surface area contributed by atoms with Gasteiger partial charge in [-0.1, -0.05) is 11.2 Å². The summed E-state index contributed by atoms with van der Waals surface area (Å²) in [6, 6.07) is 7.28. The molecular weight excluding hydrogens is 306 g/mol. The molecule has 0 bridgehead atoms. The molecule has 5 nitrogen and oxygen atoms in total. The number of aromatic nitrogens is 1. The topological polar surface area (TPSA) is 68.3 Å². The largest absolute Gasteiger partial charge is 0.461 e. The van der Waals surface area contributed by atoms with Crippen molar-refractivity contribution < 1.29 is 22.5 Å². The maximum absolute atomic E-state index is 13.7. The second-order valence-corrected chi connectivity index (χ2v) is 4.91. The van der Waals surface area contributed by atoms with Crippen molar-refractivity contribution in [2.24, 2.45) is 0 Å². The predicted molar refractivity (Wildman–Crippen MR) is 76.4 cm³/mol. The number of hydrogen-bond acceptors (Lipinski definition) is 4. The van der Waals surface area contributed by atoms with Gasteiger partial charge in [0.25, 0.3) is 5.91 Å². The van der Waals surface area contributed by atoms with Gasteiger partial charge in [0.05, 0.1) is 12.3 Å². The van der Waals surface area contributed by atoms with Crippen LogP contribution in [0.4, 0.5) is 8.78 Å². The summed E-state index contributed by atoms with van der Waals surface area (Å²) in [5, 5.41) is 6.23. The minimum absolute atomic E-state index is 0.0331. The number of furan rings is 1. The fourth-order valence-corrected chi connectivity index (χ4v) is 2.12. The fourth-order valence-electron chi connectivity index (χ4n) is 2.12. The standard InChI is InChI=1S/C16H12F2N2O3/c1-9(11-5-4-10(17)7-12(11)18)19-16(21)13-8-15(23-20-13)14-3-2-6-22-14/h2-9H,1H3,(H,19,21). The van der Waals surface area contributed by atoms with E-state index < -0.39 is 23.6 Å². The van der Waals surface area contributed by atoms with Gasteiger partial charge in [0.15, 0.2) is 11.5 Å². The quantitative estimate of drug-likeness (QED) is 0.796. The number of halogens is 2. The van der Waals surface area contributed by atoms with Gasteiger partial charge in [-0.05, 0) is 25.1 Å². The van der Waals surface area contributed by atoms with Crippen LogP contribution >= 0.6 is 0 Å². The molecule has 2 aromatic heterocycles. The Balaban J connectivity index is 1.74. The van der Waals surface area contributed by atoms with E-state index in [1.54, 1.807) is 19.1 Å². The van der Waals surface area contributed by atoms with Crippen LogP contribution in [0.2, 0.25) is 0 Å². The number of benzene rings is 1. The Hall–Kier alpha value is -2.96. The van der Waals surface area contributed by atoms with Crippen molar-refractivity contribution in [1.29, 1.82) is 0 Å². The Morgan fingerprint density at radius 3 is 2.74 bits per heavy atom. The van der Waals surface area contributed by atoms with Gasteiger partial charge in [-0.15, -0.1) is 0 Å². The van der Waals surface area contributed by atoms with Gasteiger partial charge in [-0.3, -0.25) is 4.79 Å². The van der Waals surface area contributed by atoms with Gasteiger partial charge in [-0.25, -0.2) is 8.78 Å². The summed E-state index contributed by atoms with van der Waals surface area (Å²) >= 11 is 0. The summed E-state index contributed by atoms with van der Waals surface area (Å²) in [6.45, 7) is 1.59. The third kappa shape index (κ3) is 3.13. The third-order valence-corrected chi connectivity index (χ3v) is 3.28. The minimum Gasteiger partial charge on any atom is -0.461 e. The third-order valence-electron chi connectivity index (χ3n) is 3.28. The number of hydrogen-bond donors (Lipinski definition) is 1. The molecule has 1 N–H and O–H groups in total. The number of carbonyl (C=O) groups is 1. The van der Waals surface area contributed by atoms with Crippen LogP contribution in [0.25, 0.3) is 11.5 Å². The molecule has 0 aliphatic rings. The van der Waals surface area contributed by atoms with E-state index in [9.17, 15) is 13.6 Å². The second-order valence-electron chi connectivity index (χ2n) is 4.91. The van der Waals surface area contributed by atoms with Crippen LogP contribution in [0.5, 0.6) is 0 Å². The van der Waals surface area contributed by atoms with Crippen LogP contribution in [0.1, 0.15) is 29.0 Å². The Labute approximate surface area is 129 Å². The maximum Gasteiger partial charge on any atom is 0.273 e. The number of rotatable bonds is 4. The Morgan fingerprint density at radius 1 is 1.22 bits per heavy atom. The lowest BCUT2D eigenvalue weighted by atomic mass is 10.1. The van der Waals surface area contributed by atoms with E-state index in [1.165, 1.54) is 18.4 Å². The molecule has 1 atom stereocenters. The van der Waals surface area contributed by atoms with Gasteiger partial charge in [-0.2, -0.15) is 0 Å². The Kier molecular flexibility index (Phi) is 3.92. The van der Waals surface area contributed by atoms with Gasteiger partial charge < -0.3 is 14.3 Å². The molecule has 0 aliphatic heterocycles. The highest BCUT2D eigenvalue weighted by atomic mass is 19.1. The highest BCUT2D eigenvalue weighted by Gasteiger charge is 2.19. The predicted octanol–water partition coefficient (Wildman–Crippen LogP) is 3.70. The van der Waals surface area contributed by atoms with Gasteiger partial charge >= 0.3 is 0 Å². The highest BCUT2D eigenvalue weighted by Crippen LogP contribution is 2.22. The normalized spacial score (nSPS) is 12.1. The van der Waals surface area contributed by atoms with E-state index in [0.717, 1.165) is 12.1 Å². The van der Waals surface area contributed by atoms with Crippen LogP contribution in [0.3, 0.4) is 0 Å². The van der Waals surface area contributed by atoms with Crippen molar-refractivity contribution in [2.75, 3.05) is 0 Å². The van der Waals surface area contributed by atoms with Gasteiger partial charge in [0.2, 0.25) is 5.76 Å². The molecule has 0 radical (unpaired) electrons. The van der Waals surface area contributed by atoms with Crippen molar-refractivity contribution in [2.45, 2.75) is 13.0 Å². The molecule has 2 heterocycles. The minimum atomic E-state index is -0.728. The van der Waals surface area contributed by atoms with Gasteiger partial charge in [0.1, 0.15) is 11.6 Å². The summed E-state index contributed by atoms with van der Waals surface area (Å²) in [5.74, 6) is -1.20. The summed E-state index contributed by atoms with van der Waals surface area (Å²) < 4.78 is 36.8. The Bertz CT molecular complexity index is 828. The molecule has 7 heteroatoms. The number of carbonyl (C=O) groups excluding carboxylic acids is 1. The molecule has 0 aliphatic carbocycles. The fraction of sp³-hybridized carbons (Fsp3) is 0.125. The summed E-state index contributed by atoms with van der Waals surface area (Å²) in [7, 11) is 0. The van der Waals surface area contributed by atoms with Crippen molar-refractivity contribution in [3.63, 3.8) is 0 Å². The molecule has 118 valence electrons. The van der Waals surface area contributed by atoms with E-state index in [1.807, 2.05) is 0 Å². The van der Waals surface area contributed by atoms with Crippen LogP contribution in [0, 0.1) is 11.6 Å². The molecule has 1 amide bonds. The van der Waals surface area contributed by atoms with E-state index in [-0.39, 0.29) is 11.3 Å². The lowest BCUT2D eigenvalue weighted by Crippen LogP contribution is -2.27. The zero-order valence-electron chi connectivity index (χ0n) is 12.0. The van der Waals surface area contributed by atoms with Crippen LogP contribution < -0.4 is 5.32 Å². The first-order chi connectivity index (χ1) is 11.0. The summed E-state index contributed by atoms with van der Waals surface area (Å²) in [4.78, 5) is 12.1. The van der Waals surface area contributed by atoms with Gasteiger partial charge in [0, 0.05) is 17.7 Å². The number of nitrogens with one attached hydrogen (secondary N) is 1. The SMILES string of the molecule is CC(NC(=O)c1cc(-c2ccco2)on1)c1ccc(F)cc1F. The van der Waals surface area contributed by atoms with E-state index in [0.29, 0.717) is 11.5 Å². The molecule has 0 fully saturated rings. The zero-order valence-corrected chi connectivity index (χ0v) is 12.0. The smallest absolute Gasteiger partial charge is 0.273 e. The van der Waals surface area contributed by atoms with Crippen molar-refractivity contribution in [3.05, 3.63) is 65.6 Å². The van der Waals surface area contributed by atoms with Crippen molar-refractivity contribution in [3.8, 4) is 11.5 Å². The lowest BCUT2D eigenvalue weighted by molar-refractivity contribution is 0.0930. The molecule has 1 aromatic carbocycles. The molecule has 3 rings (SSSR count). The monoisotopic (exact) mass is 318 g/mol. The molecule has 1 unspecified atom stereocenters. The first kappa shape index (κ1) is 15.0. The van der Waals surface area contributed by atoms with Crippen LogP contribution in [-0.2, 0) is 0 Å². The summed E-state index contributed by atoms with van der Waals surface area (Å²) in [5.41, 5.74) is 0.209. The first-order valence-electron chi connectivity index (χ1n) is 6.81. The van der Waals surface area contributed by atoms with Crippen LogP contribution in [-0.4, -0.2) is 11.1 Å². The highest BCUT2D eigenvalue weighted by molar-refractivity contribution is 5.93. The first-order valence-corrected chi connectivity index (χ1v) is 6.81. The zero-order chi connectivity index (χ0) is 16.4. The lowest BCUT2D eigenvalue weighted by Gasteiger charge is -2.14. The van der Waals surface area contributed by atoms with E-state index in [4.69, 9.17) is 8.94 Å². The average Bonchev–Trinajstić information content (AvgIpc) is 3.18. The summed E-state index contributed by atoms with van der Waals surface area (Å²) in [6.07, 6.45) is 1.47. The number of amides is 1. The molecule has 0 saturated carbocycles. The van der Waals surface area contributed by atoms with Crippen LogP contribution in [0.15, 0.2) is 51.6 Å². The van der Waals surface area contributed by atoms with E-state index in [2.05, 4.69) is 10.5 Å². The molecule has 3 aromatic rings. The van der Waals surface area contributed by atoms with Crippen molar-refractivity contribution >= 4 is 5.91 Å².